The molecule has 0 saturated carbocycles. The molecule has 1 aromatic heterocycles. The summed E-state index contributed by atoms with van der Waals surface area (Å²) in [6, 6.07) is 13.1. The zero-order valence-electron chi connectivity index (χ0n) is 15.3. The molecule has 0 radical (unpaired) electrons. The summed E-state index contributed by atoms with van der Waals surface area (Å²) in [5, 5.41) is 3.35. The minimum absolute atomic E-state index is 0.195. The maximum absolute atomic E-state index is 12.2. The summed E-state index contributed by atoms with van der Waals surface area (Å²) in [6.45, 7) is 2.51. The number of rotatable bonds is 4. The van der Waals surface area contributed by atoms with Crippen molar-refractivity contribution >= 4 is 54.4 Å². The Labute approximate surface area is 167 Å². The molecular formula is C20H19N3O3S2. The molecule has 0 spiro atoms. The number of fused-ring (bicyclic) bond motifs is 1. The van der Waals surface area contributed by atoms with Gasteiger partial charge in [0.2, 0.25) is 15.9 Å². The molecule has 0 unspecified atom stereocenters. The average molecular weight is 414 g/mol. The fourth-order valence-corrected chi connectivity index (χ4v) is 5.65. The molecule has 1 aliphatic heterocycles. The van der Waals surface area contributed by atoms with Crippen LogP contribution in [-0.4, -0.2) is 31.6 Å². The van der Waals surface area contributed by atoms with Crippen LogP contribution in [0.1, 0.15) is 17.5 Å². The first-order chi connectivity index (χ1) is 13.4. The molecular weight excluding hydrogens is 394 g/mol. The van der Waals surface area contributed by atoms with Crippen LogP contribution in [-0.2, 0) is 14.8 Å². The van der Waals surface area contributed by atoms with Crippen molar-refractivity contribution in [2.24, 2.45) is 0 Å². The summed E-state index contributed by atoms with van der Waals surface area (Å²) in [5.74, 6) is -0.0666. The smallest absolute Gasteiger partial charge is 0.250 e. The maximum atomic E-state index is 12.2. The quantitative estimate of drug-likeness (QED) is 0.660. The van der Waals surface area contributed by atoms with Gasteiger partial charge in [-0.05, 0) is 48.7 Å². The first kappa shape index (κ1) is 18.6. The number of thiazole rings is 1. The molecule has 1 fully saturated rings. The van der Waals surface area contributed by atoms with Crippen LogP contribution >= 0.6 is 11.3 Å². The molecule has 1 saturated heterocycles. The lowest BCUT2D eigenvalue weighted by atomic mass is 10.2. The highest BCUT2D eigenvalue weighted by molar-refractivity contribution is 7.93. The highest BCUT2D eigenvalue weighted by Crippen LogP contribution is 2.28. The van der Waals surface area contributed by atoms with E-state index in [4.69, 9.17) is 0 Å². The van der Waals surface area contributed by atoms with Crippen LogP contribution < -0.4 is 9.62 Å². The summed E-state index contributed by atoms with van der Waals surface area (Å²) in [7, 11) is -3.18. The third-order valence-corrected chi connectivity index (χ3v) is 7.36. The van der Waals surface area contributed by atoms with E-state index in [-0.39, 0.29) is 11.7 Å². The van der Waals surface area contributed by atoms with Gasteiger partial charge in [-0.2, -0.15) is 0 Å². The van der Waals surface area contributed by atoms with E-state index in [1.165, 1.54) is 21.7 Å². The fourth-order valence-electron chi connectivity index (χ4n) is 3.14. The summed E-state index contributed by atoms with van der Waals surface area (Å²) in [4.78, 5) is 16.7. The first-order valence-electron chi connectivity index (χ1n) is 8.88. The number of amides is 1. The molecule has 0 atom stereocenters. The lowest BCUT2D eigenvalue weighted by Crippen LogP contribution is -2.24. The van der Waals surface area contributed by atoms with Crippen LogP contribution in [0.4, 0.5) is 10.8 Å². The molecule has 28 heavy (non-hydrogen) atoms. The predicted molar refractivity (Wildman–Crippen MR) is 114 cm³/mol. The Morgan fingerprint density at radius 3 is 2.68 bits per heavy atom. The lowest BCUT2D eigenvalue weighted by molar-refractivity contribution is -0.111. The molecule has 3 aromatic rings. The number of hydrogen-bond acceptors (Lipinski definition) is 5. The van der Waals surface area contributed by atoms with Crippen LogP contribution in [0.25, 0.3) is 16.3 Å². The minimum Gasteiger partial charge on any atom is -0.298 e. The number of hydrogen-bond donors (Lipinski definition) is 1. The van der Waals surface area contributed by atoms with Gasteiger partial charge < -0.3 is 0 Å². The van der Waals surface area contributed by atoms with E-state index in [1.54, 1.807) is 30.3 Å². The molecule has 6 nitrogen and oxygen atoms in total. The summed E-state index contributed by atoms with van der Waals surface area (Å²) >= 11 is 1.44. The maximum Gasteiger partial charge on any atom is 0.250 e. The van der Waals surface area contributed by atoms with Gasteiger partial charge in [-0.15, -0.1) is 0 Å². The van der Waals surface area contributed by atoms with E-state index in [9.17, 15) is 13.2 Å². The number of sulfonamides is 1. The van der Waals surface area contributed by atoms with Crippen molar-refractivity contribution in [1.82, 2.24) is 4.98 Å². The molecule has 1 N–H and O–H groups in total. The average Bonchev–Trinajstić information content (AvgIpc) is 3.23. The summed E-state index contributed by atoms with van der Waals surface area (Å²) in [6.07, 6.45) is 3.78. The van der Waals surface area contributed by atoms with Crippen molar-refractivity contribution in [2.75, 3.05) is 21.9 Å². The number of nitrogens with zero attached hydrogens (tertiary/aromatic N) is 2. The Morgan fingerprint density at radius 2 is 2.00 bits per heavy atom. The molecule has 0 bridgehead atoms. The van der Waals surface area contributed by atoms with Crippen molar-refractivity contribution in [1.29, 1.82) is 0 Å². The predicted octanol–water partition coefficient (Wildman–Crippen LogP) is 3.80. The zero-order chi connectivity index (χ0) is 19.7. The number of carbonyl (C=O) groups excluding carboxylic acids is 1. The number of carbonyl (C=O) groups is 1. The van der Waals surface area contributed by atoms with Gasteiger partial charge in [0.15, 0.2) is 5.13 Å². The van der Waals surface area contributed by atoms with E-state index in [0.717, 1.165) is 21.3 Å². The molecule has 0 aliphatic carbocycles. The molecule has 2 heterocycles. The number of benzene rings is 2. The summed E-state index contributed by atoms with van der Waals surface area (Å²) < 4.78 is 26.4. The Morgan fingerprint density at radius 1 is 1.21 bits per heavy atom. The Kier molecular flexibility index (Phi) is 4.91. The minimum atomic E-state index is -3.18. The van der Waals surface area contributed by atoms with Crippen LogP contribution in [0.5, 0.6) is 0 Å². The van der Waals surface area contributed by atoms with Gasteiger partial charge in [0.1, 0.15) is 0 Å². The van der Waals surface area contributed by atoms with Gasteiger partial charge in [-0.3, -0.25) is 14.4 Å². The van der Waals surface area contributed by atoms with E-state index >= 15 is 0 Å². The molecule has 1 aliphatic rings. The van der Waals surface area contributed by atoms with Crippen molar-refractivity contribution in [2.45, 2.75) is 13.3 Å². The van der Waals surface area contributed by atoms with Gasteiger partial charge in [0, 0.05) is 12.6 Å². The van der Waals surface area contributed by atoms with Gasteiger partial charge in [0.25, 0.3) is 0 Å². The van der Waals surface area contributed by atoms with Gasteiger partial charge in [-0.25, -0.2) is 13.4 Å². The van der Waals surface area contributed by atoms with Gasteiger partial charge in [0.05, 0.1) is 21.7 Å². The number of aryl methyl sites for hydroxylation is 1. The fraction of sp³-hybridized carbons (Fsp3) is 0.200. The molecule has 4 rings (SSSR count). The van der Waals surface area contributed by atoms with Gasteiger partial charge in [-0.1, -0.05) is 35.6 Å². The second kappa shape index (κ2) is 7.37. The zero-order valence-corrected chi connectivity index (χ0v) is 16.9. The lowest BCUT2D eigenvalue weighted by Gasteiger charge is -2.16. The Balaban J connectivity index is 1.43. The first-order valence-corrected chi connectivity index (χ1v) is 11.3. The topological polar surface area (TPSA) is 79.4 Å². The molecule has 1 amide bonds. The van der Waals surface area contributed by atoms with Crippen molar-refractivity contribution in [3.05, 3.63) is 59.7 Å². The SMILES string of the molecule is Cc1cccc2sc(NC(=O)/C=C/c3ccc(N4CCCS4(=O)=O)cc3)nc12. The second-order valence-electron chi connectivity index (χ2n) is 6.60. The summed E-state index contributed by atoms with van der Waals surface area (Å²) in [5.41, 5.74) is 3.45. The highest BCUT2D eigenvalue weighted by atomic mass is 32.2. The van der Waals surface area contributed by atoms with Crippen LogP contribution in [0.2, 0.25) is 0 Å². The van der Waals surface area contributed by atoms with E-state index in [1.807, 2.05) is 25.1 Å². The second-order valence-corrected chi connectivity index (χ2v) is 9.64. The third kappa shape index (κ3) is 3.79. The van der Waals surface area contributed by atoms with E-state index < -0.39 is 10.0 Å². The van der Waals surface area contributed by atoms with E-state index in [2.05, 4.69) is 10.3 Å². The third-order valence-electron chi connectivity index (χ3n) is 4.56. The standard InChI is InChI=1S/C20H19N3O3S2/c1-14-4-2-5-17-19(14)22-20(27-17)21-18(24)11-8-15-6-9-16(10-7-15)23-12-3-13-28(23,25)26/h2,4-11H,3,12-13H2,1H3,(H,21,22,24)/b11-8+. The Bertz CT molecular complexity index is 1170. The molecule has 2 aromatic carbocycles. The van der Waals surface area contributed by atoms with Crippen molar-refractivity contribution in [3.8, 4) is 0 Å². The highest BCUT2D eigenvalue weighted by Gasteiger charge is 2.28. The molecule has 8 heteroatoms. The van der Waals surface area contributed by atoms with Crippen LogP contribution in [0, 0.1) is 6.92 Å². The van der Waals surface area contributed by atoms with Crippen LogP contribution in [0.3, 0.4) is 0 Å². The van der Waals surface area contributed by atoms with Crippen molar-refractivity contribution in [3.63, 3.8) is 0 Å². The normalized spacial score (nSPS) is 16.1. The molecule has 144 valence electrons. The van der Waals surface area contributed by atoms with Gasteiger partial charge >= 0.3 is 0 Å². The van der Waals surface area contributed by atoms with Crippen molar-refractivity contribution < 1.29 is 13.2 Å². The number of para-hydroxylation sites is 1. The number of nitrogens with one attached hydrogen (secondary N) is 1. The number of aromatic nitrogens is 1. The Hall–Kier alpha value is -2.71. The number of anilines is 2. The monoisotopic (exact) mass is 413 g/mol. The van der Waals surface area contributed by atoms with E-state index in [0.29, 0.717) is 23.8 Å². The largest absolute Gasteiger partial charge is 0.298 e. The van der Waals surface area contributed by atoms with Crippen LogP contribution in [0.15, 0.2) is 48.5 Å².